The van der Waals surface area contributed by atoms with Crippen molar-refractivity contribution in [2.75, 3.05) is 0 Å². The summed E-state index contributed by atoms with van der Waals surface area (Å²) in [4.78, 5) is 0. The first-order chi connectivity index (χ1) is 12.9. The molecule has 0 bridgehead atoms. The highest BCUT2D eigenvalue weighted by atomic mass is 15.4. The molecule has 0 aliphatic carbocycles. The first-order valence-corrected chi connectivity index (χ1v) is 8.94. The molecule has 3 nitrogen and oxygen atoms in total. The van der Waals surface area contributed by atoms with Crippen LogP contribution < -0.4 is 4.57 Å². The van der Waals surface area contributed by atoms with Crippen LogP contribution in [0.4, 0.5) is 0 Å². The molecule has 0 spiro atoms. The summed E-state index contributed by atoms with van der Waals surface area (Å²) in [6.45, 7) is 1.61. The van der Waals surface area contributed by atoms with Gasteiger partial charge in [0, 0.05) is 5.10 Å². The van der Waals surface area contributed by atoms with E-state index in [0.717, 1.165) is 25.3 Å². The third kappa shape index (κ3) is 4.06. The highest BCUT2D eigenvalue weighted by Crippen LogP contribution is 2.07. The zero-order chi connectivity index (χ0) is 17.6. The van der Waals surface area contributed by atoms with Gasteiger partial charge in [-0.25, -0.2) is 4.57 Å². The minimum Gasteiger partial charge on any atom is -0.230 e. The lowest BCUT2D eigenvalue weighted by atomic mass is 10.1. The van der Waals surface area contributed by atoms with E-state index in [9.17, 15) is 0 Å². The lowest BCUT2D eigenvalue weighted by Crippen LogP contribution is -2.37. The predicted octanol–water partition coefficient (Wildman–Crippen LogP) is 3.86. The summed E-state index contributed by atoms with van der Waals surface area (Å²) in [5.74, 6) is 1.08. The van der Waals surface area contributed by atoms with Crippen LogP contribution in [0.1, 0.15) is 22.5 Å². The van der Waals surface area contributed by atoms with Crippen molar-refractivity contribution in [3.05, 3.63) is 120 Å². The number of rotatable bonds is 6. The molecule has 0 unspecified atom stereocenters. The Labute approximate surface area is 154 Å². The Bertz CT molecular complexity index is 886. The molecule has 0 amide bonds. The van der Waals surface area contributed by atoms with Gasteiger partial charge in [0.2, 0.25) is 6.33 Å². The molecule has 3 heteroatoms. The van der Waals surface area contributed by atoms with Crippen molar-refractivity contribution < 1.29 is 4.57 Å². The van der Waals surface area contributed by atoms with E-state index in [4.69, 9.17) is 5.10 Å². The number of hydrogen-bond donors (Lipinski definition) is 0. The zero-order valence-corrected chi connectivity index (χ0v) is 14.7. The summed E-state index contributed by atoms with van der Waals surface area (Å²) in [6.07, 6.45) is 2.95. The largest absolute Gasteiger partial charge is 0.282 e. The molecular formula is C23H22N3+. The van der Waals surface area contributed by atoms with Gasteiger partial charge in [-0.1, -0.05) is 91.0 Å². The van der Waals surface area contributed by atoms with Crippen molar-refractivity contribution >= 4 is 0 Å². The van der Waals surface area contributed by atoms with E-state index in [1.165, 1.54) is 16.7 Å². The molecule has 1 heterocycles. The second kappa shape index (κ2) is 7.79. The first-order valence-electron chi connectivity index (χ1n) is 8.94. The molecule has 0 aliphatic heterocycles. The molecule has 0 saturated carbocycles. The third-order valence-electron chi connectivity index (χ3n) is 4.44. The molecule has 0 saturated heterocycles. The van der Waals surface area contributed by atoms with Gasteiger partial charge in [-0.3, -0.25) is 0 Å². The Morgan fingerprint density at radius 2 is 1.19 bits per heavy atom. The van der Waals surface area contributed by atoms with Crippen molar-refractivity contribution in [2.45, 2.75) is 19.5 Å². The molecule has 0 N–H and O–H groups in total. The van der Waals surface area contributed by atoms with E-state index in [1.54, 1.807) is 0 Å². The fourth-order valence-corrected chi connectivity index (χ4v) is 3.13. The molecule has 26 heavy (non-hydrogen) atoms. The van der Waals surface area contributed by atoms with Crippen molar-refractivity contribution in [1.29, 1.82) is 0 Å². The molecule has 0 radical (unpaired) electrons. The monoisotopic (exact) mass is 340 g/mol. The van der Waals surface area contributed by atoms with Crippen LogP contribution in [-0.4, -0.2) is 9.78 Å². The number of hydrogen-bond acceptors (Lipinski definition) is 1. The minimum atomic E-state index is 0.782. The van der Waals surface area contributed by atoms with Gasteiger partial charge in [0.25, 0.3) is 5.82 Å². The highest BCUT2D eigenvalue weighted by molar-refractivity contribution is 5.18. The Kier molecular flexibility index (Phi) is 4.88. The van der Waals surface area contributed by atoms with E-state index in [2.05, 4.69) is 95.8 Å². The zero-order valence-electron chi connectivity index (χ0n) is 14.7. The molecular weight excluding hydrogens is 318 g/mol. The number of nitrogens with zero attached hydrogens (tertiary/aromatic N) is 3. The van der Waals surface area contributed by atoms with Gasteiger partial charge in [0.15, 0.2) is 0 Å². The summed E-state index contributed by atoms with van der Waals surface area (Å²) in [7, 11) is 0. The fourth-order valence-electron chi connectivity index (χ4n) is 3.13. The maximum Gasteiger partial charge on any atom is 0.282 e. The van der Waals surface area contributed by atoms with Gasteiger partial charge in [0.05, 0.1) is 13.0 Å². The van der Waals surface area contributed by atoms with Crippen molar-refractivity contribution in [2.24, 2.45) is 0 Å². The average molecular weight is 340 g/mol. The van der Waals surface area contributed by atoms with Gasteiger partial charge in [0.1, 0.15) is 6.54 Å². The number of aromatic nitrogens is 3. The Morgan fingerprint density at radius 1 is 0.654 bits per heavy atom. The summed E-state index contributed by atoms with van der Waals surface area (Å²) in [6, 6.07) is 31.5. The first kappa shape index (κ1) is 16.3. The smallest absolute Gasteiger partial charge is 0.230 e. The Morgan fingerprint density at radius 3 is 1.81 bits per heavy atom. The van der Waals surface area contributed by atoms with Gasteiger partial charge >= 0.3 is 0 Å². The SMILES string of the molecule is c1ccc(Cc2nn(Cc3ccccc3)c[n+]2Cc2ccccc2)cc1. The summed E-state index contributed by atoms with van der Waals surface area (Å²) < 4.78 is 4.29. The van der Waals surface area contributed by atoms with Crippen LogP contribution in [0.3, 0.4) is 0 Å². The quantitative estimate of drug-likeness (QED) is 0.489. The van der Waals surface area contributed by atoms with E-state index in [-0.39, 0.29) is 0 Å². The summed E-state index contributed by atoms with van der Waals surface area (Å²) in [5, 5.41) is 4.88. The van der Waals surface area contributed by atoms with Crippen LogP contribution in [0, 0.1) is 0 Å². The van der Waals surface area contributed by atoms with Gasteiger partial charge in [-0.05, 0) is 16.7 Å². The van der Waals surface area contributed by atoms with Crippen molar-refractivity contribution in [1.82, 2.24) is 9.78 Å². The normalized spacial score (nSPS) is 10.8. The molecule has 3 aromatic carbocycles. The maximum atomic E-state index is 4.88. The molecule has 0 atom stereocenters. The standard InChI is InChI=1S/C23H22N3/c1-4-10-20(11-5-1)16-23-24-26(18-22-14-8-3-9-15-22)19-25(23)17-21-12-6-2-7-13-21/h1-15,19H,16-18H2/q+1. The van der Waals surface area contributed by atoms with Crippen LogP contribution in [0.5, 0.6) is 0 Å². The minimum absolute atomic E-state index is 0.782. The van der Waals surface area contributed by atoms with Crippen LogP contribution in [0.15, 0.2) is 97.3 Å². The van der Waals surface area contributed by atoms with E-state index >= 15 is 0 Å². The topological polar surface area (TPSA) is 21.7 Å². The molecule has 128 valence electrons. The second-order valence-corrected chi connectivity index (χ2v) is 6.49. The van der Waals surface area contributed by atoms with E-state index in [1.807, 2.05) is 10.7 Å². The van der Waals surface area contributed by atoms with Crippen LogP contribution in [0.25, 0.3) is 0 Å². The van der Waals surface area contributed by atoms with Gasteiger partial charge in [-0.15, -0.1) is 4.68 Å². The Hall–Kier alpha value is -3.20. The molecule has 1 aromatic heterocycles. The lowest BCUT2D eigenvalue weighted by Gasteiger charge is -2.01. The molecule has 4 rings (SSSR count). The van der Waals surface area contributed by atoms with Crippen LogP contribution in [-0.2, 0) is 19.5 Å². The average Bonchev–Trinajstić information content (AvgIpc) is 3.05. The molecule has 4 aromatic rings. The van der Waals surface area contributed by atoms with E-state index in [0.29, 0.717) is 0 Å². The lowest BCUT2D eigenvalue weighted by molar-refractivity contribution is -0.696. The van der Waals surface area contributed by atoms with Crippen LogP contribution in [0.2, 0.25) is 0 Å². The maximum absolute atomic E-state index is 4.88. The summed E-state index contributed by atoms with van der Waals surface area (Å²) >= 11 is 0. The highest BCUT2D eigenvalue weighted by Gasteiger charge is 2.18. The van der Waals surface area contributed by atoms with Gasteiger partial charge < -0.3 is 0 Å². The fraction of sp³-hybridized carbons (Fsp3) is 0.130. The van der Waals surface area contributed by atoms with Crippen LogP contribution >= 0.6 is 0 Å². The van der Waals surface area contributed by atoms with Crippen molar-refractivity contribution in [3.63, 3.8) is 0 Å². The van der Waals surface area contributed by atoms with E-state index < -0.39 is 0 Å². The molecule has 0 aliphatic rings. The summed E-state index contributed by atoms with van der Waals surface area (Å²) in [5.41, 5.74) is 3.82. The molecule has 0 fully saturated rings. The van der Waals surface area contributed by atoms with Crippen molar-refractivity contribution in [3.8, 4) is 0 Å². The Balaban J connectivity index is 1.63. The second-order valence-electron chi connectivity index (χ2n) is 6.49. The third-order valence-corrected chi connectivity index (χ3v) is 4.44. The predicted molar refractivity (Wildman–Crippen MR) is 103 cm³/mol. The number of benzene rings is 3. The van der Waals surface area contributed by atoms with Gasteiger partial charge in [-0.2, -0.15) is 0 Å².